The van der Waals surface area contributed by atoms with E-state index in [4.69, 9.17) is 0 Å². The molecule has 0 radical (unpaired) electrons. The maximum atomic E-state index is 4.12. The number of rotatable bonds is 5. The van der Waals surface area contributed by atoms with Crippen molar-refractivity contribution in [2.24, 2.45) is 0 Å². The molecular weight excluding hydrogens is 216 g/mol. The summed E-state index contributed by atoms with van der Waals surface area (Å²) in [4.78, 5) is 5.44. The van der Waals surface area contributed by atoms with Crippen LogP contribution in [0.4, 0.5) is 0 Å². The largest absolute Gasteiger partial charge is 0.312 e. The molecule has 84 valence electrons. The summed E-state index contributed by atoms with van der Waals surface area (Å²) < 4.78 is 0. The predicted molar refractivity (Wildman–Crippen MR) is 68.7 cm³/mol. The smallest absolute Gasteiger partial charge is 0.0794 e. The molecule has 2 aromatic rings. The first-order valence-electron chi connectivity index (χ1n) is 5.49. The van der Waals surface area contributed by atoms with E-state index in [2.05, 4.69) is 40.6 Å². The Bertz CT molecular complexity index is 397. The number of benzene rings is 1. The molecule has 1 atom stereocenters. The Morgan fingerprint density at radius 3 is 2.75 bits per heavy atom. The third-order valence-corrected chi connectivity index (χ3v) is 3.60. The maximum Gasteiger partial charge on any atom is 0.0794 e. The molecule has 1 heterocycles. The van der Waals surface area contributed by atoms with E-state index < -0.39 is 0 Å². The van der Waals surface area contributed by atoms with Gasteiger partial charge in [-0.1, -0.05) is 30.3 Å². The van der Waals surface area contributed by atoms with Crippen molar-refractivity contribution < 1.29 is 0 Å². The third-order valence-electron chi connectivity index (χ3n) is 2.71. The van der Waals surface area contributed by atoms with Crippen molar-refractivity contribution in [3.8, 4) is 0 Å². The molecule has 0 spiro atoms. The molecule has 0 aliphatic rings. The van der Waals surface area contributed by atoms with E-state index >= 15 is 0 Å². The first kappa shape index (κ1) is 11.3. The fourth-order valence-corrected chi connectivity index (χ4v) is 2.55. The van der Waals surface area contributed by atoms with Gasteiger partial charge in [0.2, 0.25) is 0 Å². The van der Waals surface area contributed by atoms with Gasteiger partial charge in [0.05, 0.1) is 5.51 Å². The Labute approximate surface area is 100 Å². The molecule has 0 fully saturated rings. The summed E-state index contributed by atoms with van der Waals surface area (Å²) >= 11 is 1.72. The van der Waals surface area contributed by atoms with E-state index in [0.717, 1.165) is 12.8 Å². The Morgan fingerprint density at radius 1 is 1.31 bits per heavy atom. The van der Waals surface area contributed by atoms with E-state index in [0.29, 0.717) is 6.04 Å². The first-order chi connectivity index (χ1) is 7.90. The second kappa shape index (κ2) is 5.77. The average molecular weight is 232 g/mol. The molecule has 2 nitrogen and oxygen atoms in total. The molecule has 0 bridgehead atoms. The summed E-state index contributed by atoms with van der Waals surface area (Å²) in [7, 11) is 2.01. The zero-order valence-electron chi connectivity index (χ0n) is 9.39. The van der Waals surface area contributed by atoms with Crippen LogP contribution in [-0.2, 0) is 6.42 Å². The summed E-state index contributed by atoms with van der Waals surface area (Å²) in [5, 5.41) is 3.35. The van der Waals surface area contributed by atoms with Crippen LogP contribution in [0.25, 0.3) is 0 Å². The van der Waals surface area contributed by atoms with Crippen LogP contribution < -0.4 is 5.32 Å². The van der Waals surface area contributed by atoms with E-state index in [1.165, 1.54) is 10.4 Å². The molecule has 0 saturated carbocycles. The Hall–Kier alpha value is -1.19. The molecule has 1 aromatic heterocycles. The molecule has 0 amide bonds. The minimum Gasteiger partial charge on any atom is -0.312 e. The van der Waals surface area contributed by atoms with Gasteiger partial charge in [0.25, 0.3) is 0 Å². The maximum absolute atomic E-state index is 4.12. The van der Waals surface area contributed by atoms with Gasteiger partial charge in [0.1, 0.15) is 0 Å². The van der Waals surface area contributed by atoms with Crippen molar-refractivity contribution in [3.05, 3.63) is 52.5 Å². The lowest BCUT2D eigenvalue weighted by atomic mass is 10.0. The molecule has 0 aliphatic carbocycles. The Kier molecular flexibility index (Phi) is 4.08. The van der Waals surface area contributed by atoms with E-state index in [9.17, 15) is 0 Å². The molecule has 0 saturated heterocycles. The lowest BCUT2D eigenvalue weighted by Crippen LogP contribution is -2.15. The number of hydrogen-bond acceptors (Lipinski definition) is 3. The van der Waals surface area contributed by atoms with Crippen LogP contribution in [0.5, 0.6) is 0 Å². The second-order valence-corrected chi connectivity index (χ2v) is 4.69. The topological polar surface area (TPSA) is 24.9 Å². The molecule has 0 aliphatic heterocycles. The minimum absolute atomic E-state index is 0.424. The number of nitrogens with one attached hydrogen (secondary N) is 1. The standard InChI is InChI=1S/C13H16N2S/c1-14-12(13-9-15-10-16-13)8-7-11-5-3-2-4-6-11/h2-6,9-10,12,14H,7-8H2,1H3. The van der Waals surface area contributed by atoms with E-state index in [1.54, 1.807) is 11.3 Å². The van der Waals surface area contributed by atoms with Crippen LogP contribution in [0, 0.1) is 0 Å². The lowest BCUT2D eigenvalue weighted by Gasteiger charge is -2.13. The van der Waals surface area contributed by atoms with E-state index in [1.807, 2.05) is 18.8 Å². The highest BCUT2D eigenvalue weighted by molar-refractivity contribution is 7.09. The van der Waals surface area contributed by atoms with Gasteiger partial charge in [-0.05, 0) is 25.5 Å². The van der Waals surface area contributed by atoms with Crippen LogP contribution in [-0.4, -0.2) is 12.0 Å². The van der Waals surface area contributed by atoms with Gasteiger partial charge in [-0.25, -0.2) is 0 Å². The molecule has 1 unspecified atom stereocenters. The highest BCUT2D eigenvalue weighted by Gasteiger charge is 2.10. The zero-order chi connectivity index (χ0) is 11.2. The average Bonchev–Trinajstić information content (AvgIpc) is 2.85. The van der Waals surface area contributed by atoms with Gasteiger partial charge >= 0.3 is 0 Å². The molecule has 2 rings (SSSR count). The molecule has 3 heteroatoms. The van der Waals surface area contributed by atoms with Gasteiger partial charge in [-0.3, -0.25) is 4.98 Å². The third kappa shape index (κ3) is 2.90. The van der Waals surface area contributed by atoms with Crippen LogP contribution in [0.2, 0.25) is 0 Å². The molecule has 1 N–H and O–H groups in total. The van der Waals surface area contributed by atoms with Crippen LogP contribution in [0.3, 0.4) is 0 Å². The van der Waals surface area contributed by atoms with Gasteiger partial charge < -0.3 is 5.32 Å². The molecular formula is C13H16N2S. The summed E-state index contributed by atoms with van der Waals surface area (Å²) in [5.41, 5.74) is 3.29. The van der Waals surface area contributed by atoms with Crippen LogP contribution >= 0.6 is 11.3 Å². The molecule has 16 heavy (non-hydrogen) atoms. The number of thiazole rings is 1. The number of nitrogens with zero attached hydrogens (tertiary/aromatic N) is 1. The summed E-state index contributed by atoms with van der Waals surface area (Å²) in [6, 6.07) is 11.0. The molecule has 1 aromatic carbocycles. The predicted octanol–water partition coefficient (Wildman–Crippen LogP) is 3.04. The highest BCUT2D eigenvalue weighted by atomic mass is 32.1. The van der Waals surface area contributed by atoms with Crippen molar-refractivity contribution in [1.82, 2.24) is 10.3 Å². The van der Waals surface area contributed by atoms with E-state index in [-0.39, 0.29) is 0 Å². The quantitative estimate of drug-likeness (QED) is 0.857. The second-order valence-electron chi connectivity index (χ2n) is 3.77. The van der Waals surface area contributed by atoms with Gasteiger partial charge in [-0.2, -0.15) is 0 Å². The monoisotopic (exact) mass is 232 g/mol. The van der Waals surface area contributed by atoms with Gasteiger partial charge in [0, 0.05) is 17.1 Å². The number of hydrogen-bond donors (Lipinski definition) is 1. The fourth-order valence-electron chi connectivity index (χ4n) is 1.78. The minimum atomic E-state index is 0.424. The lowest BCUT2D eigenvalue weighted by molar-refractivity contribution is 0.557. The van der Waals surface area contributed by atoms with Gasteiger partial charge in [0.15, 0.2) is 0 Å². The van der Waals surface area contributed by atoms with Crippen molar-refractivity contribution in [2.75, 3.05) is 7.05 Å². The van der Waals surface area contributed by atoms with Gasteiger partial charge in [-0.15, -0.1) is 11.3 Å². The van der Waals surface area contributed by atoms with Crippen molar-refractivity contribution in [2.45, 2.75) is 18.9 Å². The normalized spacial score (nSPS) is 12.6. The Morgan fingerprint density at radius 2 is 2.12 bits per heavy atom. The summed E-state index contributed by atoms with van der Waals surface area (Å²) in [5.74, 6) is 0. The number of aryl methyl sites for hydroxylation is 1. The van der Waals surface area contributed by atoms with Crippen molar-refractivity contribution >= 4 is 11.3 Å². The fraction of sp³-hybridized carbons (Fsp3) is 0.308. The SMILES string of the molecule is CNC(CCc1ccccc1)c1cncs1. The zero-order valence-corrected chi connectivity index (χ0v) is 10.2. The van der Waals surface area contributed by atoms with Crippen molar-refractivity contribution in [1.29, 1.82) is 0 Å². The summed E-state index contributed by atoms with van der Waals surface area (Å²) in [6.45, 7) is 0. The van der Waals surface area contributed by atoms with Crippen molar-refractivity contribution in [3.63, 3.8) is 0 Å². The van der Waals surface area contributed by atoms with Crippen LogP contribution in [0.1, 0.15) is 22.9 Å². The highest BCUT2D eigenvalue weighted by Crippen LogP contribution is 2.21. The number of aromatic nitrogens is 1. The first-order valence-corrected chi connectivity index (χ1v) is 6.37. The summed E-state index contributed by atoms with van der Waals surface area (Å²) in [6.07, 6.45) is 4.17. The van der Waals surface area contributed by atoms with Crippen LogP contribution in [0.15, 0.2) is 42.0 Å². The Balaban J connectivity index is 1.94.